The van der Waals surface area contributed by atoms with E-state index in [9.17, 15) is 0 Å². The average molecular weight is 230 g/mol. The molecule has 0 unspecified atom stereocenters. The van der Waals surface area contributed by atoms with Crippen LogP contribution in [0.25, 0.3) is 5.69 Å². The first-order valence-corrected chi connectivity index (χ1v) is 5.96. The van der Waals surface area contributed by atoms with E-state index >= 15 is 0 Å². The van der Waals surface area contributed by atoms with Crippen molar-refractivity contribution in [2.45, 2.75) is 26.2 Å². The van der Waals surface area contributed by atoms with Gasteiger partial charge in [0.15, 0.2) is 0 Å². The molecular formula is C14H18N2O. The SMILES string of the molecule is CC(C)c1ccc(-n2ccc(CCO)n2)cc1. The molecule has 3 heteroatoms. The second kappa shape index (κ2) is 5.15. The summed E-state index contributed by atoms with van der Waals surface area (Å²) in [5.41, 5.74) is 3.30. The smallest absolute Gasteiger partial charge is 0.0651 e. The van der Waals surface area contributed by atoms with Crippen molar-refractivity contribution in [1.29, 1.82) is 0 Å². The van der Waals surface area contributed by atoms with Crippen LogP contribution in [-0.2, 0) is 6.42 Å². The van der Waals surface area contributed by atoms with E-state index in [1.165, 1.54) is 5.56 Å². The maximum atomic E-state index is 8.85. The Bertz CT molecular complexity index is 471. The minimum Gasteiger partial charge on any atom is -0.396 e. The summed E-state index contributed by atoms with van der Waals surface area (Å²) in [7, 11) is 0. The van der Waals surface area contributed by atoms with Gasteiger partial charge >= 0.3 is 0 Å². The van der Waals surface area contributed by atoms with E-state index in [2.05, 4.69) is 43.2 Å². The van der Waals surface area contributed by atoms with Gasteiger partial charge in [-0.15, -0.1) is 0 Å². The summed E-state index contributed by atoms with van der Waals surface area (Å²) in [6.07, 6.45) is 2.53. The predicted molar refractivity (Wildman–Crippen MR) is 68.4 cm³/mol. The maximum absolute atomic E-state index is 8.85. The summed E-state index contributed by atoms with van der Waals surface area (Å²) in [4.78, 5) is 0. The lowest BCUT2D eigenvalue weighted by molar-refractivity contribution is 0.298. The number of hydrogen-bond donors (Lipinski definition) is 1. The highest BCUT2D eigenvalue weighted by Gasteiger charge is 2.02. The van der Waals surface area contributed by atoms with E-state index in [-0.39, 0.29) is 6.61 Å². The summed E-state index contributed by atoms with van der Waals surface area (Å²) >= 11 is 0. The molecule has 0 aliphatic rings. The van der Waals surface area contributed by atoms with Crippen LogP contribution < -0.4 is 0 Å². The lowest BCUT2D eigenvalue weighted by Crippen LogP contribution is -1.98. The number of nitrogens with zero attached hydrogens (tertiary/aromatic N) is 2. The number of aliphatic hydroxyl groups excluding tert-OH is 1. The van der Waals surface area contributed by atoms with Crippen LogP contribution in [0.15, 0.2) is 36.5 Å². The van der Waals surface area contributed by atoms with Crippen molar-refractivity contribution in [3.05, 3.63) is 47.8 Å². The molecule has 0 aliphatic heterocycles. The van der Waals surface area contributed by atoms with Gasteiger partial charge in [-0.05, 0) is 29.7 Å². The summed E-state index contributed by atoms with van der Waals surface area (Å²) in [6.45, 7) is 4.51. The Morgan fingerprint density at radius 1 is 1.18 bits per heavy atom. The van der Waals surface area contributed by atoms with Crippen LogP contribution in [0.3, 0.4) is 0 Å². The van der Waals surface area contributed by atoms with Crippen molar-refractivity contribution in [3.63, 3.8) is 0 Å². The Labute approximate surface area is 102 Å². The molecule has 2 rings (SSSR count). The molecule has 0 aliphatic carbocycles. The standard InChI is InChI=1S/C14H18N2O/c1-11(2)12-3-5-14(6-4-12)16-9-7-13(15-16)8-10-17/h3-7,9,11,17H,8,10H2,1-2H3. The Hall–Kier alpha value is -1.61. The molecule has 17 heavy (non-hydrogen) atoms. The van der Waals surface area contributed by atoms with E-state index in [0.717, 1.165) is 11.4 Å². The largest absolute Gasteiger partial charge is 0.396 e. The third kappa shape index (κ3) is 2.74. The maximum Gasteiger partial charge on any atom is 0.0651 e. The molecule has 0 saturated carbocycles. The lowest BCUT2D eigenvalue weighted by atomic mass is 10.0. The number of hydrogen-bond acceptors (Lipinski definition) is 2. The number of rotatable bonds is 4. The molecule has 0 atom stereocenters. The predicted octanol–water partition coefficient (Wildman–Crippen LogP) is 2.53. The van der Waals surface area contributed by atoms with Gasteiger partial charge in [0.05, 0.1) is 11.4 Å². The lowest BCUT2D eigenvalue weighted by Gasteiger charge is -2.06. The molecule has 1 aromatic heterocycles. The van der Waals surface area contributed by atoms with Crippen molar-refractivity contribution in [1.82, 2.24) is 9.78 Å². The second-order valence-electron chi connectivity index (χ2n) is 4.47. The zero-order chi connectivity index (χ0) is 12.3. The minimum atomic E-state index is 0.142. The zero-order valence-electron chi connectivity index (χ0n) is 10.3. The van der Waals surface area contributed by atoms with E-state index in [0.29, 0.717) is 12.3 Å². The van der Waals surface area contributed by atoms with Crippen LogP contribution >= 0.6 is 0 Å². The van der Waals surface area contributed by atoms with Gasteiger partial charge in [0.1, 0.15) is 0 Å². The highest BCUT2D eigenvalue weighted by molar-refractivity contribution is 5.35. The molecule has 2 aromatic rings. The molecule has 0 fully saturated rings. The average Bonchev–Trinajstić information content (AvgIpc) is 2.78. The van der Waals surface area contributed by atoms with E-state index < -0.39 is 0 Å². The number of aliphatic hydroxyl groups is 1. The first kappa shape index (κ1) is 11.9. The first-order valence-electron chi connectivity index (χ1n) is 5.96. The highest BCUT2D eigenvalue weighted by atomic mass is 16.3. The van der Waals surface area contributed by atoms with Crippen LogP contribution in [0.5, 0.6) is 0 Å². The van der Waals surface area contributed by atoms with E-state index in [4.69, 9.17) is 5.11 Å². The molecule has 0 radical (unpaired) electrons. The Kier molecular flexibility index (Phi) is 3.59. The van der Waals surface area contributed by atoms with Gasteiger partial charge in [-0.1, -0.05) is 26.0 Å². The van der Waals surface area contributed by atoms with Crippen molar-refractivity contribution >= 4 is 0 Å². The van der Waals surface area contributed by atoms with Gasteiger partial charge in [-0.2, -0.15) is 5.10 Å². The van der Waals surface area contributed by atoms with Gasteiger partial charge in [-0.3, -0.25) is 0 Å². The van der Waals surface area contributed by atoms with Crippen molar-refractivity contribution in [3.8, 4) is 5.69 Å². The molecule has 0 saturated heterocycles. The van der Waals surface area contributed by atoms with Crippen LogP contribution in [0.4, 0.5) is 0 Å². The fourth-order valence-electron chi connectivity index (χ4n) is 1.77. The summed E-state index contributed by atoms with van der Waals surface area (Å²) < 4.78 is 1.84. The molecule has 1 heterocycles. The van der Waals surface area contributed by atoms with Gasteiger partial charge in [-0.25, -0.2) is 4.68 Å². The van der Waals surface area contributed by atoms with Gasteiger partial charge < -0.3 is 5.11 Å². The van der Waals surface area contributed by atoms with Crippen molar-refractivity contribution in [2.75, 3.05) is 6.61 Å². The summed E-state index contributed by atoms with van der Waals surface area (Å²) in [5, 5.41) is 13.2. The Morgan fingerprint density at radius 3 is 2.47 bits per heavy atom. The second-order valence-corrected chi connectivity index (χ2v) is 4.47. The Balaban J connectivity index is 2.21. The quantitative estimate of drug-likeness (QED) is 0.876. The molecule has 0 amide bonds. The van der Waals surface area contributed by atoms with Crippen LogP contribution in [0.2, 0.25) is 0 Å². The van der Waals surface area contributed by atoms with Crippen molar-refractivity contribution in [2.24, 2.45) is 0 Å². The normalized spacial score (nSPS) is 11.1. The molecule has 90 valence electrons. The molecule has 0 spiro atoms. The van der Waals surface area contributed by atoms with E-state index in [1.54, 1.807) is 0 Å². The fraction of sp³-hybridized carbons (Fsp3) is 0.357. The minimum absolute atomic E-state index is 0.142. The monoisotopic (exact) mass is 230 g/mol. The Morgan fingerprint density at radius 2 is 1.88 bits per heavy atom. The molecular weight excluding hydrogens is 212 g/mol. The van der Waals surface area contributed by atoms with Crippen LogP contribution in [-0.4, -0.2) is 21.5 Å². The van der Waals surface area contributed by atoms with Gasteiger partial charge in [0.2, 0.25) is 0 Å². The topological polar surface area (TPSA) is 38.0 Å². The third-order valence-corrected chi connectivity index (χ3v) is 2.84. The summed E-state index contributed by atoms with van der Waals surface area (Å²) in [5.74, 6) is 0.548. The molecule has 0 bridgehead atoms. The van der Waals surface area contributed by atoms with Gasteiger partial charge in [0, 0.05) is 19.2 Å². The van der Waals surface area contributed by atoms with E-state index in [1.807, 2.05) is 16.9 Å². The molecule has 3 nitrogen and oxygen atoms in total. The summed E-state index contributed by atoms with van der Waals surface area (Å²) in [6, 6.07) is 10.4. The zero-order valence-corrected chi connectivity index (χ0v) is 10.3. The number of aromatic nitrogens is 2. The number of benzene rings is 1. The first-order chi connectivity index (χ1) is 8.20. The van der Waals surface area contributed by atoms with Crippen LogP contribution in [0.1, 0.15) is 31.0 Å². The fourth-order valence-corrected chi connectivity index (χ4v) is 1.77. The third-order valence-electron chi connectivity index (χ3n) is 2.84. The van der Waals surface area contributed by atoms with Crippen LogP contribution in [0, 0.1) is 0 Å². The van der Waals surface area contributed by atoms with Gasteiger partial charge in [0.25, 0.3) is 0 Å². The van der Waals surface area contributed by atoms with Crippen molar-refractivity contribution < 1.29 is 5.11 Å². The highest BCUT2D eigenvalue weighted by Crippen LogP contribution is 2.16. The molecule has 1 N–H and O–H groups in total. The molecule has 1 aromatic carbocycles.